The smallest absolute Gasteiger partial charge is 0.412 e. The Balaban J connectivity index is 1.66. The minimum Gasteiger partial charge on any atom is -0.462 e. The molecule has 1 aliphatic heterocycles. The van der Waals surface area contributed by atoms with Crippen LogP contribution in [-0.4, -0.2) is 82.8 Å². The van der Waals surface area contributed by atoms with Crippen molar-refractivity contribution >= 4 is 30.1 Å². The number of unbranched alkanes of at least 4 members (excludes halogenated alkanes) is 1. The second kappa shape index (κ2) is 20.2. The van der Waals surface area contributed by atoms with E-state index in [1.54, 1.807) is 72.4 Å². The summed E-state index contributed by atoms with van der Waals surface area (Å²) in [4.78, 5) is 67.7. The Hall–Kier alpha value is -3.87. The Morgan fingerprint density at radius 3 is 2.17 bits per heavy atom. The molecule has 54 heavy (non-hydrogen) atoms. The minimum absolute atomic E-state index is 0.00260. The van der Waals surface area contributed by atoms with E-state index in [2.05, 4.69) is 5.32 Å². The van der Waals surface area contributed by atoms with Crippen molar-refractivity contribution in [2.24, 2.45) is 5.92 Å². The van der Waals surface area contributed by atoms with Crippen LogP contribution in [0.5, 0.6) is 0 Å². The van der Waals surface area contributed by atoms with E-state index in [1.165, 1.54) is 6.42 Å². The highest BCUT2D eigenvalue weighted by Gasteiger charge is 2.55. The largest absolute Gasteiger partial charge is 0.462 e. The fraction of sp³-hybridized carbons (Fsp3) is 0.732. The van der Waals surface area contributed by atoms with Gasteiger partial charge in [-0.25, -0.2) is 19.2 Å². The highest BCUT2D eigenvalue weighted by atomic mass is 16.6. The Morgan fingerprint density at radius 1 is 0.907 bits per heavy atom. The number of nitrogens with one attached hydrogen (secondary N) is 1. The minimum atomic E-state index is -1.18. The van der Waals surface area contributed by atoms with Crippen molar-refractivity contribution in [2.75, 3.05) is 6.61 Å². The highest BCUT2D eigenvalue weighted by Crippen LogP contribution is 2.40. The zero-order valence-electron chi connectivity index (χ0n) is 33.9. The standard InChI is InChI=1S/C41H64N2O11/c1-10-11-22-30(27-49-33(44)24-23-31(35(45)53-39(2,3)4)42-37(47)50-26-29-20-16-13-17-21-29)51-36(46)34-32(25-28-18-14-12-15-19-28)43(41(8,9)52-34)38(48)54-40(5,6)7/h13,16-17,20-21,28,30-32,34H,10-12,14-15,18-19,22-27H2,1-9H3,(H,42,47)/t30?,31-,32-,34+/m0/s1. The predicted molar refractivity (Wildman–Crippen MR) is 201 cm³/mol. The van der Waals surface area contributed by atoms with E-state index in [0.29, 0.717) is 25.2 Å². The summed E-state index contributed by atoms with van der Waals surface area (Å²) in [5.41, 5.74) is -1.94. The molecule has 1 saturated carbocycles. The number of nitrogens with zero attached hydrogens (tertiary/aromatic N) is 1. The van der Waals surface area contributed by atoms with Crippen LogP contribution in [0.2, 0.25) is 0 Å². The number of rotatable bonds is 16. The fourth-order valence-electron chi connectivity index (χ4n) is 6.73. The maximum absolute atomic E-state index is 13.9. The number of hydrogen-bond donors (Lipinski definition) is 1. The van der Waals surface area contributed by atoms with Gasteiger partial charge in [-0.2, -0.15) is 0 Å². The Bertz CT molecular complexity index is 1380. The Kier molecular flexibility index (Phi) is 16.6. The quantitative estimate of drug-likeness (QED) is 0.130. The fourth-order valence-corrected chi connectivity index (χ4v) is 6.73. The van der Waals surface area contributed by atoms with Gasteiger partial charge in [0.1, 0.15) is 42.3 Å². The molecule has 2 aliphatic rings. The van der Waals surface area contributed by atoms with Crippen LogP contribution >= 0.6 is 0 Å². The second-order valence-corrected chi connectivity index (χ2v) is 16.9. The number of amides is 2. The van der Waals surface area contributed by atoms with Crippen LogP contribution in [0.25, 0.3) is 0 Å². The van der Waals surface area contributed by atoms with Crippen molar-refractivity contribution in [3.63, 3.8) is 0 Å². The number of carbonyl (C=O) groups is 5. The van der Waals surface area contributed by atoms with Crippen molar-refractivity contribution in [3.8, 4) is 0 Å². The Morgan fingerprint density at radius 2 is 1.56 bits per heavy atom. The summed E-state index contributed by atoms with van der Waals surface area (Å²) in [6.45, 7) is 15.8. The number of alkyl carbamates (subject to hydrolysis) is 1. The van der Waals surface area contributed by atoms with Crippen molar-refractivity contribution < 1.29 is 52.4 Å². The molecule has 1 aliphatic carbocycles. The molecule has 2 amide bonds. The van der Waals surface area contributed by atoms with Crippen molar-refractivity contribution in [1.29, 1.82) is 0 Å². The zero-order valence-corrected chi connectivity index (χ0v) is 33.9. The van der Waals surface area contributed by atoms with Crippen LogP contribution in [0, 0.1) is 5.92 Å². The summed E-state index contributed by atoms with van der Waals surface area (Å²) in [5, 5.41) is 2.52. The average molecular weight is 761 g/mol. The van der Waals surface area contributed by atoms with Crippen molar-refractivity contribution in [3.05, 3.63) is 35.9 Å². The molecule has 4 atom stereocenters. The highest BCUT2D eigenvalue weighted by molar-refractivity contribution is 5.82. The number of ether oxygens (including phenoxy) is 6. The summed E-state index contributed by atoms with van der Waals surface area (Å²) in [5.74, 6) is -1.67. The maximum atomic E-state index is 13.9. The van der Waals surface area contributed by atoms with Gasteiger partial charge in [0.05, 0.1) is 6.04 Å². The molecule has 1 aromatic rings. The van der Waals surface area contributed by atoms with E-state index in [-0.39, 0.29) is 26.1 Å². The van der Waals surface area contributed by atoms with Gasteiger partial charge >= 0.3 is 30.1 Å². The first-order valence-corrected chi connectivity index (χ1v) is 19.5. The van der Waals surface area contributed by atoms with Gasteiger partial charge in [-0.05, 0) is 92.6 Å². The molecular weight excluding hydrogens is 696 g/mol. The van der Waals surface area contributed by atoms with E-state index in [1.807, 2.05) is 25.1 Å². The van der Waals surface area contributed by atoms with Crippen LogP contribution in [0.15, 0.2) is 30.3 Å². The second-order valence-electron chi connectivity index (χ2n) is 16.9. The van der Waals surface area contributed by atoms with Gasteiger partial charge in [-0.1, -0.05) is 75.8 Å². The molecule has 3 rings (SSSR count). The molecule has 2 fully saturated rings. The van der Waals surface area contributed by atoms with Gasteiger partial charge in [-0.3, -0.25) is 9.69 Å². The van der Waals surface area contributed by atoms with E-state index >= 15 is 0 Å². The van der Waals surface area contributed by atoms with E-state index in [4.69, 9.17) is 28.4 Å². The van der Waals surface area contributed by atoms with E-state index < -0.39 is 71.3 Å². The van der Waals surface area contributed by atoms with Crippen molar-refractivity contribution in [2.45, 2.75) is 181 Å². The summed E-state index contributed by atoms with van der Waals surface area (Å²) < 4.78 is 34.4. The zero-order chi connectivity index (χ0) is 40.1. The maximum Gasteiger partial charge on any atom is 0.412 e. The number of carbonyl (C=O) groups excluding carboxylic acids is 5. The van der Waals surface area contributed by atoms with Crippen LogP contribution in [-0.2, 0) is 49.4 Å². The summed E-state index contributed by atoms with van der Waals surface area (Å²) in [6, 6.07) is 7.31. The summed E-state index contributed by atoms with van der Waals surface area (Å²) >= 11 is 0. The molecule has 1 saturated heterocycles. The average Bonchev–Trinajstić information content (AvgIpc) is 3.35. The van der Waals surface area contributed by atoms with Gasteiger partial charge in [0, 0.05) is 6.42 Å². The van der Waals surface area contributed by atoms with Crippen LogP contribution in [0.1, 0.15) is 139 Å². The number of benzene rings is 1. The number of hydrogen-bond acceptors (Lipinski definition) is 11. The topological polar surface area (TPSA) is 156 Å². The molecule has 0 bridgehead atoms. The molecule has 1 aromatic carbocycles. The van der Waals surface area contributed by atoms with Gasteiger partial charge in [-0.15, -0.1) is 0 Å². The van der Waals surface area contributed by atoms with Crippen LogP contribution in [0.3, 0.4) is 0 Å². The SMILES string of the molecule is CCCCC(COC(=O)CC[C@H](NC(=O)OCc1ccccc1)C(=O)OC(C)(C)C)OC(=O)[C@@H]1OC(C)(C)N(C(=O)OC(C)(C)C)[C@H]1CC1CCCCC1. The monoisotopic (exact) mass is 760 g/mol. The molecule has 1 heterocycles. The van der Waals surface area contributed by atoms with E-state index in [0.717, 1.165) is 37.7 Å². The molecule has 0 radical (unpaired) electrons. The predicted octanol–water partition coefficient (Wildman–Crippen LogP) is 7.76. The van der Waals surface area contributed by atoms with Gasteiger partial charge in [0.25, 0.3) is 0 Å². The molecule has 1 N–H and O–H groups in total. The first-order valence-electron chi connectivity index (χ1n) is 19.5. The molecule has 1 unspecified atom stereocenters. The van der Waals surface area contributed by atoms with Crippen LogP contribution < -0.4 is 5.32 Å². The van der Waals surface area contributed by atoms with Crippen molar-refractivity contribution in [1.82, 2.24) is 10.2 Å². The third-order valence-electron chi connectivity index (χ3n) is 9.22. The molecule has 304 valence electrons. The lowest BCUT2D eigenvalue weighted by molar-refractivity contribution is -0.173. The first kappa shape index (κ1) is 44.5. The normalized spacial score (nSPS) is 20.0. The molecule has 0 spiro atoms. The number of esters is 3. The van der Waals surface area contributed by atoms with Gasteiger partial charge < -0.3 is 33.7 Å². The lowest BCUT2D eigenvalue weighted by Gasteiger charge is -2.36. The van der Waals surface area contributed by atoms with E-state index in [9.17, 15) is 24.0 Å². The third kappa shape index (κ3) is 15.1. The molecule has 13 heteroatoms. The third-order valence-corrected chi connectivity index (χ3v) is 9.22. The summed E-state index contributed by atoms with van der Waals surface area (Å²) in [7, 11) is 0. The lowest BCUT2D eigenvalue weighted by Crippen LogP contribution is -2.51. The summed E-state index contributed by atoms with van der Waals surface area (Å²) in [6.07, 6.45) is 4.35. The van der Waals surface area contributed by atoms with Gasteiger partial charge in [0.2, 0.25) is 0 Å². The molecule has 0 aromatic heterocycles. The molecule has 13 nitrogen and oxygen atoms in total. The first-order chi connectivity index (χ1) is 25.3. The Labute approximate surface area is 321 Å². The molecular formula is C41H64N2O11. The van der Waals surface area contributed by atoms with Crippen LogP contribution in [0.4, 0.5) is 9.59 Å². The van der Waals surface area contributed by atoms with Gasteiger partial charge in [0.15, 0.2) is 6.10 Å². The lowest BCUT2D eigenvalue weighted by atomic mass is 9.83.